The molecule has 1 aliphatic heterocycles. The second-order valence-electron chi connectivity index (χ2n) is 7.10. The molecular formula is C19H21ClN4O3. The van der Waals surface area contributed by atoms with Crippen LogP contribution in [0.4, 0.5) is 0 Å². The number of likely N-dealkylation sites (tertiary alicyclic amines) is 1. The summed E-state index contributed by atoms with van der Waals surface area (Å²) in [7, 11) is 0. The number of hydrogen-bond donors (Lipinski definition) is 1. The highest BCUT2D eigenvalue weighted by atomic mass is 35.5. The lowest BCUT2D eigenvalue weighted by Crippen LogP contribution is -2.48. The maximum absolute atomic E-state index is 12.4. The number of amides is 1. The average molecular weight is 389 g/mol. The van der Waals surface area contributed by atoms with Crippen LogP contribution in [0.2, 0.25) is 5.15 Å². The van der Waals surface area contributed by atoms with Gasteiger partial charge in [0.25, 0.3) is 0 Å². The van der Waals surface area contributed by atoms with E-state index in [1.54, 1.807) is 12.3 Å². The molecule has 0 aliphatic carbocycles. The lowest BCUT2D eigenvalue weighted by atomic mass is 9.91. The van der Waals surface area contributed by atoms with Crippen LogP contribution >= 0.6 is 11.6 Å². The minimum absolute atomic E-state index is 0.0557. The van der Waals surface area contributed by atoms with Gasteiger partial charge in [-0.25, -0.2) is 0 Å². The van der Waals surface area contributed by atoms with E-state index in [0.717, 1.165) is 10.9 Å². The highest BCUT2D eigenvalue weighted by molar-refractivity contribution is 6.29. The average Bonchev–Trinajstić information content (AvgIpc) is 3.26. The van der Waals surface area contributed by atoms with Gasteiger partial charge in [-0.15, -0.1) is 0 Å². The third-order valence-electron chi connectivity index (χ3n) is 5.20. The molecule has 1 fully saturated rings. The Bertz CT molecular complexity index is 943. The number of carbonyl (C=O) groups is 1. The second kappa shape index (κ2) is 7.32. The van der Waals surface area contributed by atoms with E-state index in [-0.39, 0.29) is 5.91 Å². The largest absolute Gasteiger partial charge is 0.388 e. The van der Waals surface area contributed by atoms with Crippen LogP contribution in [-0.4, -0.2) is 49.3 Å². The zero-order valence-corrected chi connectivity index (χ0v) is 15.6. The maximum Gasteiger partial charge on any atom is 0.223 e. The third-order valence-corrected chi connectivity index (χ3v) is 5.38. The summed E-state index contributed by atoms with van der Waals surface area (Å²) in [4.78, 5) is 18.4. The second-order valence-corrected chi connectivity index (χ2v) is 7.49. The SMILES string of the molecule is O=C(CCc1cc(Cl)no1)N1CCC(O)(Cn2ccc3ccncc32)CC1. The summed E-state index contributed by atoms with van der Waals surface area (Å²) in [6.45, 7) is 1.59. The highest BCUT2D eigenvalue weighted by Crippen LogP contribution is 2.27. The van der Waals surface area contributed by atoms with E-state index >= 15 is 0 Å². The van der Waals surface area contributed by atoms with Gasteiger partial charge >= 0.3 is 0 Å². The molecule has 0 atom stereocenters. The molecule has 8 heteroatoms. The van der Waals surface area contributed by atoms with Crippen molar-refractivity contribution in [2.24, 2.45) is 0 Å². The zero-order chi connectivity index (χ0) is 18.9. The van der Waals surface area contributed by atoms with Crippen LogP contribution in [0.3, 0.4) is 0 Å². The molecule has 4 heterocycles. The van der Waals surface area contributed by atoms with E-state index < -0.39 is 5.60 Å². The smallest absolute Gasteiger partial charge is 0.223 e. The number of halogens is 1. The predicted octanol–water partition coefficient (Wildman–Crippen LogP) is 2.66. The Hall–Kier alpha value is -2.38. The molecule has 0 saturated carbocycles. The van der Waals surface area contributed by atoms with Gasteiger partial charge in [-0.1, -0.05) is 16.8 Å². The van der Waals surface area contributed by atoms with Gasteiger partial charge in [0.2, 0.25) is 5.91 Å². The molecule has 0 aromatic carbocycles. The lowest BCUT2D eigenvalue weighted by molar-refractivity contribution is -0.135. The van der Waals surface area contributed by atoms with E-state index in [1.165, 1.54) is 0 Å². The number of aryl methyl sites for hydroxylation is 1. The highest BCUT2D eigenvalue weighted by Gasteiger charge is 2.34. The Balaban J connectivity index is 1.32. The first-order chi connectivity index (χ1) is 13.0. The van der Waals surface area contributed by atoms with Crippen molar-refractivity contribution in [2.75, 3.05) is 13.1 Å². The Morgan fingerprint density at radius 3 is 2.89 bits per heavy atom. The molecule has 0 unspecified atom stereocenters. The van der Waals surface area contributed by atoms with Crippen LogP contribution < -0.4 is 0 Å². The van der Waals surface area contributed by atoms with Crippen molar-refractivity contribution in [3.05, 3.63) is 47.7 Å². The summed E-state index contributed by atoms with van der Waals surface area (Å²) in [5.74, 6) is 0.662. The van der Waals surface area contributed by atoms with E-state index in [0.29, 0.717) is 56.2 Å². The van der Waals surface area contributed by atoms with Crippen molar-refractivity contribution in [3.63, 3.8) is 0 Å². The summed E-state index contributed by atoms with van der Waals surface area (Å²) in [6, 6.07) is 5.60. The Labute approximate surface area is 161 Å². The molecule has 0 spiro atoms. The maximum atomic E-state index is 12.4. The van der Waals surface area contributed by atoms with Crippen molar-refractivity contribution in [2.45, 2.75) is 37.8 Å². The summed E-state index contributed by atoms with van der Waals surface area (Å²) in [6.07, 6.45) is 7.47. The standard InChI is InChI=1S/C19H21ClN4O3/c20-17-11-15(27-22-17)1-2-18(25)23-9-5-19(26,6-10-23)13-24-8-4-14-3-7-21-12-16(14)24/h3-4,7-8,11-12,26H,1-2,5-6,9-10,13H2. The van der Waals surface area contributed by atoms with Gasteiger partial charge in [-0.2, -0.15) is 0 Å². The Kier molecular flexibility index (Phi) is 4.88. The summed E-state index contributed by atoms with van der Waals surface area (Å²) >= 11 is 5.72. The van der Waals surface area contributed by atoms with Crippen molar-refractivity contribution in [1.29, 1.82) is 0 Å². The van der Waals surface area contributed by atoms with E-state index in [9.17, 15) is 9.90 Å². The Morgan fingerprint density at radius 1 is 1.33 bits per heavy atom. The van der Waals surface area contributed by atoms with Crippen LogP contribution in [0, 0.1) is 0 Å². The first-order valence-electron chi connectivity index (χ1n) is 9.03. The predicted molar refractivity (Wildman–Crippen MR) is 100 cm³/mol. The van der Waals surface area contributed by atoms with Gasteiger partial charge in [0.05, 0.1) is 23.9 Å². The van der Waals surface area contributed by atoms with Crippen LogP contribution in [0.5, 0.6) is 0 Å². The molecule has 1 amide bonds. The van der Waals surface area contributed by atoms with Crippen LogP contribution in [-0.2, 0) is 17.8 Å². The number of rotatable bonds is 5. The van der Waals surface area contributed by atoms with Gasteiger partial charge in [-0.3, -0.25) is 9.78 Å². The molecular weight excluding hydrogens is 368 g/mol. The van der Waals surface area contributed by atoms with E-state index in [1.807, 2.05) is 34.0 Å². The number of fused-ring (bicyclic) bond motifs is 1. The first kappa shape index (κ1) is 18.0. The molecule has 0 bridgehead atoms. The Morgan fingerprint density at radius 2 is 2.15 bits per heavy atom. The fraction of sp³-hybridized carbons (Fsp3) is 0.421. The molecule has 3 aromatic heterocycles. The fourth-order valence-electron chi connectivity index (χ4n) is 3.61. The van der Waals surface area contributed by atoms with Crippen LogP contribution in [0.25, 0.3) is 10.9 Å². The van der Waals surface area contributed by atoms with Gasteiger partial charge in [0.1, 0.15) is 5.76 Å². The minimum atomic E-state index is -0.822. The van der Waals surface area contributed by atoms with Crippen molar-refractivity contribution in [3.8, 4) is 0 Å². The molecule has 1 aliphatic rings. The lowest BCUT2D eigenvalue weighted by Gasteiger charge is -2.38. The molecule has 4 rings (SSSR count). The number of carbonyl (C=O) groups excluding carboxylic acids is 1. The van der Waals surface area contributed by atoms with Crippen molar-refractivity contribution in [1.82, 2.24) is 19.6 Å². The summed E-state index contributed by atoms with van der Waals surface area (Å²) in [5.41, 5.74) is 0.187. The zero-order valence-electron chi connectivity index (χ0n) is 14.8. The van der Waals surface area contributed by atoms with Gasteiger partial charge in [0, 0.05) is 49.8 Å². The number of hydrogen-bond acceptors (Lipinski definition) is 5. The van der Waals surface area contributed by atoms with Crippen LogP contribution in [0.15, 0.2) is 41.3 Å². The molecule has 1 N–H and O–H groups in total. The molecule has 27 heavy (non-hydrogen) atoms. The topological polar surface area (TPSA) is 84.4 Å². The first-order valence-corrected chi connectivity index (χ1v) is 9.40. The van der Waals surface area contributed by atoms with Gasteiger partial charge in [-0.05, 0) is 25.0 Å². The number of aliphatic hydroxyl groups is 1. The number of aromatic nitrogens is 3. The number of pyridine rings is 1. The third kappa shape index (κ3) is 3.99. The van der Waals surface area contributed by atoms with Gasteiger partial charge in [0.15, 0.2) is 5.15 Å². The molecule has 0 radical (unpaired) electrons. The minimum Gasteiger partial charge on any atom is -0.388 e. The van der Waals surface area contributed by atoms with Crippen LogP contribution in [0.1, 0.15) is 25.0 Å². The summed E-state index contributed by atoms with van der Waals surface area (Å²) < 4.78 is 7.06. The van der Waals surface area contributed by atoms with E-state index in [4.69, 9.17) is 16.1 Å². The molecule has 3 aromatic rings. The number of nitrogens with zero attached hydrogens (tertiary/aromatic N) is 4. The fourth-order valence-corrected chi connectivity index (χ4v) is 3.76. The quantitative estimate of drug-likeness (QED) is 0.726. The number of piperidine rings is 1. The molecule has 1 saturated heterocycles. The molecule has 7 nitrogen and oxygen atoms in total. The van der Waals surface area contributed by atoms with Crippen molar-refractivity contribution >= 4 is 28.4 Å². The monoisotopic (exact) mass is 388 g/mol. The molecule has 142 valence electrons. The van der Waals surface area contributed by atoms with Gasteiger partial charge < -0.3 is 19.1 Å². The van der Waals surface area contributed by atoms with Crippen molar-refractivity contribution < 1.29 is 14.4 Å². The van der Waals surface area contributed by atoms with E-state index in [2.05, 4.69) is 10.1 Å². The normalized spacial score (nSPS) is 16.7. The summed E-state index contributed by atoms with van der Waals surface area (Å²) in [5, 5.41) is 16.0.